The zero-order valence-corrected chi connectivity index (χ0v) is 21.4. The molecule has 0 aliphatic carbocycles. The molecule has 0 radical (unpaired) electrons. The van der Waals surface area contributed by atoms with Crippen LogP contribution in [0.4, 0.5) is 10.8 Å². The van der Waals surface area contributed by atoms with Gasteiger partial charge in [-0.1, -0.05) is 29.8 Å². The highest BCUT2D eigenvalue weighted by molar-refractivity contribution is 7.16. The molecule has 1 aromatic heterocycles. The number of aromatic nitrogens is 1. The van der Waals surface area contributed by atoms with E-state index in [1.807, 2.05) is 73.3 Å². The molecule has 2 aliphatic rings. The Morgan fingerprint density at radius 3 is 2.65 bits per heavy atom. The largest absolute Gasteiger partial charge is 0.454 e. The second kappa shape index (κ2) is 9.37. The van der Waals surface area contributed by atoms with Crippen molar-refractivity contribution in [2.24, 2.45) is 0 Å². The minimum atomic E-state index is -0.140. The molecule has 1 N–H and O–H groups in total. The molecule has 3 heterocycles. The molecule has 2 aliphatic heterocycles. The zero-order chi connectivity index (χ0) is 25.5. The van der Waals surface area contributed by atoms with Crippen LogP contribution >= 0.6 is 11.3 Å². The third-order valence-corrected chi connectivity index (χ3v) is 7.52. The molecule has 0 saturated carbocycles. The standard InChI is InChI=1S/C29H25N3O4S/c1-17-3-6-20(7-4-17)28(34)32-12-11-21-15-22(8-9-23(21)32)27-18(2)37-29(31-27)30-26(33)14-19-5-10-24-25(13-19)36-16-35-24/h3-10,13,15H,11-12,14,16H2,1-2H3,(H,30,31,33). The number of benzene rings is 3. The topological polar surface area (TPSA) is 80.8 Å². The van der Waals surface area contributed by atoms with Gasteiger partial charge in [0.25, 0.3) is 5.91 Å². The lowest BCUT2D eigenvalue weighted by molar-refractivity contribution is -0.115. The van der Waals surface area contributed by atoms with E-state index in [1.54, 1.807) is 0 Å². The molecular formula is C29H25N3O4S. The first-order valence-electron chi connectivity index (χ1n) is 12.1. The number of ether oxygens (including phenoxy) is 2. The van der Waals surface area contributed by atoms with Gasteiger partial charge in [0.1, 0.15) is 0 Å². The molecule has 0 saturated heterocycles. The summed E-state index contributed by atoms with van der Waals surface area (Å²) in [4.78, 5) is 33.3. The number of hydrogen-bond donors (Lipinski definition) is 1. The number of fused-ring (bicyclic) bond motifs is 2. The lowest BCUT2D eigenvalue weighted by Crippen LogP contribution is -2.28. The number of nitrogens with one attached hydrogen (secondary N) is 1. The van der Waals surface area contributed by atoms with Crippen LogP contribution in [0, 0.1) is 13.8 Å². The van der Waals surface area contributed by atoms with E-state index in [4.69, 9.17) is 14.5 Å². The van der Waals surface area contributed by atoms with Crippen molar-refractivity contribution >= 4 is 34.0 Å². The molecular weight excluding hydrogens is 486 g/mol. The minimum absolute atomic E-state index is 0.0174. The van der Waals surface area contributed by atoms with Crippen molar-refractivity contribution in [3.05, 3.63) is 87.8 Å². The predicted molar refractivity (Wildman–Crippen MR) is 144 cm³/mol. The molecule has 0 atom stereocenters. The lowest BCUT2D eigenvalue weighted by atomic mass is 10.1. The van der Waals surface area contributed by atoms with Crippen LogP contribution < -0.4 is 19.7 Å². The maximum Gasteiger partial charge on any atom is 0.258 e. The molecule has 7 nitrogen and oxygen atoms in total. The second-order valence-corrected chi connectivity index (χ2v) is 10.5. The number of aryl methyl sites for hydroxylation is 2. The number of thiazole rings is 1. The number of hydrogen-bond acceptors (Lipinski definition) is 6. The number of anilines is 2. The summed E-state index contributed by atoms with van der Waals surface area (Å²) >= 11 is 1.45. The van der Waals surface area contributed by atoms with Crippen LogP contribution in [0.25, 0.3) is 11.3 Å². The molecule has 0 bridgehead atoms. The van der Waals surface area contributed by atoms with Gasteiger partial charge in [-0.15, -0.1) is 11.3 Å². The molecule has 3 aromatic carbocycles. The molecule has 186 valence electrons. The van der Waals surface area contributed by atoms with Crippen molar-refractivity contribution in [2.75, 3.05) is 23.6 Å². The predicted octanol–water partition coefficient (Wildman–Crippen LogP) is 5.54. The van der Waals surface area contributed by atoms with Crippen molar-refractivity contribution in [1.29, 1.82) is 0 Å². The van der Waals surface area contributed by atoms with Crippen LogP contribution in [0.1, 0.15) is 31.9 Å². The maximum absolute atomic E-state index is 13.1. The maximum atomic E-state index is 13.1. The Bertz CT molecular complexity index is 1530. The van der Waals surface area contributed by atoms with Crippen LogP contribution in [0.15, 0.2) is 60.7 Å². The van der Waals surface area contributed by atoms with Gasteiger partial charge in [0.2, 0.25) is 12.7 Å². The monoisotopic (exact) mass is 511 g/mol. The van der Waals surface area contributed by atoms with E-state index in [1.165, 1.54) is 11.3 Å². The third-order valence-electron chi connectivity index (χ3n) is 6.64. The lowest BCUT2D eigenvalue weighted by Gasteiger charge is -2.17. The highest BCUT2D eigenvalue weighted by atomic mass is 32.1. The average molecular weight is 512 g/mol. The molecule has 4 aromatic rings. The molecule has 0 fully saturated rings. The summed E-state index contributed by atoms with van der Waals surface area (Å²) in [6, 6.07) is 19.3. The van der Waals surface area contributed by atoms with Crippen molar-refractivity contribution in [3.63, 3.8) is 0 Å². The highest BCUT2D eigenvalue weighted by Crippen LogP contribution is 2.37. The Labute approximate surface area is 218 Å². The van der Waals surface area contributed by atoms with Gasteiger partial charge in [0.05, 0.1) is 12.1 Å². The van der Waals surface area contributed by atoms with Gasteiger partial charge in [-0.3, -0.25) is 9.59 Å². The summed E-state index contributed by atoms with van der Waals surface area (Å²) in [5.74, 6) is 1.23. The van der Waals surface area contributed by atoms with Crippen LogP contribution in [0.3, 0.4) is 0 Å². The first-order chi connectivity index (χ1) is 17.9. The van der Waals surface area contributed by atoms with E-state index in [9.17, 15) is 9.59 Å². The molecule has 6 rings (SSSR count). The second-order valence-electron chi connectivity index (χ2n) is 9.25. The Morgan fingerprint density at radius 2 is 1.81 bits per heavy atom. The molecule has 8 heteroatoms. The smallest absolute Gasteiger partial charge is 0.258 e. The summed E-state index contributed by atoms with van der Waals surface area (Å²) in [5.41, 5.74) is 6.56. The van der Waals surface area contributed by atoms with E-state index in [-0.39, 0.29) is 25.0 Å². The van der Waals surface area contributed by atoms with Gasteiger partial charge in [-0.2, -0.15) is 0 Å². The Balaban J connectivity index is 1.16. The first kappa shape index (κ1) is 23.2. The fourth-order valence-electron chi connectivity index (χ4n) is 4.73. The van der Waals surface area contributed by atoms with Crippen molar-refractivity contribution in [1.82, 2.24) is 4.98 Å². The zero-order valence-electron chi connectivity index (χ0n) is 20.5. The summed E-state index contributed by atoms with van der Waals surface area (Å²) in [5, 5.41) is 3.49. The number of rotatable bonds is 5. The van der Waals surface area contributed by atoms with Crippen molar-refractivity contribution < 1.29 is 19.1 Å². The van der Waals surface area contributed by atoms with Gasteiger partial charge in [0.15, 0.2) is 16.6 Å². The van der Waals surface area contributed by atoms with E-state index in [0.29, 0.717) is 28.7 Å². The number of carbonyl (C=O) groups excluding carboxylic acids is 2. The number of nitrogens with zero attached hydrogens (tertiary/aromatic N) is 2. The average Bonchev–Trinajstić information content (AvgIpc) is 3.61. The fourth-order valence-corrected chi connectivity index (χ4v) is 5.58. The van der Waals surface area contributed by atoms with E-state index >= 15 is 0 Å². The fraction of sp³-hybridized carbons (Fsp3) is 0.207. The van der Waals surface area contributed by atoms with Gasteiger partial charge in [-0.05, 0) is 67.8 Å². The molecule has 2 amide bonds. The number of carbonyl (C=O) groups is 2. The van der Waals surface area contributed by atoms with Crippen molar-refractivity contribution in [2.45, 2.75) is 26.7 Å². The SMILES string of the molecule is Cc1ccc(C(=O)N2CCc3cc(-c4nc(NC(=O)Cc5ccc6c(c5)OCO6)sc4C)ccc32)cc1. The third kappa shape index (κ3) is 4.56. The molecule has 37 heavy (non-hydrogen) atoms. The number of amides is 2. The molecule has 0 unspecified atom stereocenters. The normalized spacial score (nSPS) is 13.5. The van der Waals surface area contributed by atoms with Crippen LogP contribution in [-0.4, -0.2) is 30.1 Å². The van der Waals surface area contributed by atoms with Crippen LogP contribution in [0.5, 0.6) is 11.5 Å². The van der Waals surface area contributed by atoms with Gasteiger partial charge >= 0.3 is 0 Å². The Hall–Kier alpha value is -4.17. The first-order valence-corrected chi connectivity index (χ1v) is 12.9. The summed E-state index contributed by atoms with van der Waals surface area (Å²) < 4.78 is 10.7. The van der Waals surface area contributed by atoms with Gasteiger partial charge in [0, 0.05) is 28.2 Å². The van der Waals surface area contributed by atoms with Crippen molar-refractivity contribution in [3.8, 4) is 22.8 Å². The van der Waals surface area contributed by atoms with E-state index in [0.717, 1.165) is 44.9 Å². The summed E-state index contributed by atoms with van der Waals surface area (Å²) in [7, 11) is 0. The Morgan fingerprint density at radius 1 is 1.00 bits per heavy atom. The molecule has 0 spiro atoms. The minimum Gasteiger partial charge on any atom is -0.454 e. The highest BCUT2D eigenvalue weighted by Gasteiger charge is 2.26. The summed E-state index contributed by atoms with van der Waals surface area (Å²) in [6.45, 7) is 4.87. The Kier molecular flexibility index (Phi) is 5.88. The van der Waals surface area contributed by atoms with Gasteiger partial charge < -0.3 is 19.7 Å². The quantitative estimate of drug-likeness (QED) is 0.381. The van der Waals surface area contributed by atoms with Crippen LogP contribution in [0.2, 0.25) is 0 Å². The van der Waals surface area contributed by atoms with E-state index < -0.39 is 0 Å². The van der Waals surface area contributed by atoms with Crippen LogP contribution in [-0.2, 0) is 17.6 Å². The van der Waals surface area contributed by atoms with Gasteiger partial charge in [-0.25, -0.2) is 4.98 Å². The summed E-state index contributed by atoms with van der Waals surface area (Å²) in [6.07, 6.45) is 1.01. The van der Waals surface area contributed by atoms with E-state index in [2.05, 4.69) is 11.4 Å².